The van der Waals surface area contributed by atoms with Crippen molar-refractivity contribution in [1.82, 2.24) is 4.57 Å². The number of aromatic nitrogens is 1. The Morgan fingerprint density at radius 1 is 1.00 bits per heavy atom. The number of ether oxygens (including phenoxy) is 1. The molecule has 1 aliphatic rings. The molecule has 34 heavy (non-hydrogen) atoms. The number of carbonyl (C=O) groups is 2. The second kappa shape index (κ2) is 9.45. The van der Waals surface area contributed by atoms with Crippen LogP contribution < -0.4 is 4.90 Å². The molecule has 3 aromatic rings. The summed E-state index contributed by atoms with van der Waals surface area (Å²) in [4.78, 5) is 27.6. The molecule has 0 radical (unpaired) electrons. The van der Waals surface area contributed by atoms with Crippen LogP contribution in [0.5, 0.6) is 0 Å². The molecule has 0 aliphatic carbocycles. The lowest BCUT2D eigenvalue weighted by molar-refractivity contribution is -0.137. The number of ketones is 1. The number of nitrogens with zero attached hydrogens (tertiary/aromatic N) is 2. The minimum Gasteiger partial charge on any atom is -0.465 e. The van der Waals surface area contributed by atoms with Gasteiger partial charge in [0.25, 0.3) is 0 Å². The summed E-state index contributed by atoms with van der Waals surface area (Å²) in [7, 11) is 1.26. The zero-order valence-corrected chi connectivity index (χ0v) is 22.0. The van der Waals surface area contributed by atoms with Gasteiger partial charge < -0.3 is 14.2 Å². The molecule has 8 heteroatoms. The number of rotatable bonds is 4. The fourth-order valence-electron chi connectivity index (χ4n) is 4.21. The second-order valence-corrected chi connectivity index (χ2v) is 9.62. The fourth-order valence-corrected chi connectivity index (χ4v) is 4.89. The van der Waals surface area contributed by atoms with E-state index in [1.54, 1.807) is 36.1 Å². The molecule has 174 valence electrons. The van der Waals surface area contributed by atoms with Gasteiger partial charge in [-0.1, -0.05) is 45.2 Å². The van der Waals surface area contributed by atoms with Crippen LogP contribution in [0.15, 0.2) is 70.0 Å². The summed E-state index contributed by atoms with van der Waals surface area (Å²) >= 11 is 15.9. The molecule has 4 rings (SSSR count). The van der Waals surface area contributed by atoms with E-state index in [4.69, 9.17) is 27.9 Å². The van der Waals surface area contributed by atoms with Gasteiger partial charge in [-0.15, -0.1) is 0 Å². The molecule has 1 aliphatic heterocycles. The van der Waals surface area contributed by atoms with Gasteiger partial charge in [0.15, 0.2) is 0 Å². The van der Waals surface area contributed by atoms with Crippen molar-refractivity contribution in [3.8, 4) is 5.69 Å². The average Bonchev–Trinajstić information content (AvgIpc) is 3.21. The van der Waals surface area contributed by atoms with Crippen molar-refractivity contribution in [2.24, 2.45) is 0 Å². The van der Waals surface area contributed by atoms with Crippen molar-refractivity contribution in [2.45, 2.75) is 20.8 Å². The largest absolute Gasteiger partial charge is 0.465 e. The van der Waals surface area contributed by atoms with E-state index in [9.17, 15) is 9.59 Å². The Labute approximate surface area is 216 Å². The first-order chi connectivity index (χ1) is 16.1. The first-order valence-electron chi connectivity index (χ1n) is 10.4. The third kappa shape index (κ3) is 4.22. The lowest BCUT2D eigenvalue weighted by atomic mass is 10.1. The summed E-state index contributed by atoms with van der Waals surface area (Å²) in [5.41, 5.74) is 5.20. The van der Waals surface area contributed by atoms with Crippen LogP contribution in [0.1, 0.15) is 23.9 Å². The van der Waals surface area contributed by atoms with Crippen LogP contribution in [0.4, 0.5) is 5.69 Å². The maximum absolute atomic E-state index is 13.4. The number of halogens is 3. The van der Waals surface area contributed by atoms with Crippen LogP contribution in [-0.2, 0) is 14.3 Å². The summed E-state index contributed by atoms with van der Waals surface area (Å²) in [5, 5.41) is 0.743. The molecule has 0 bridgehead atoms. The molecule has 0 unspecified atom stereocenters. The third-order valence-electron chi connectivity index (χ3n) is 5.78. The smallest absolute Gasteiger partial charge is 0.343 e. The van der Waals surface area contributed by atoms with E-state index < -0.39 is 11.8 Å². The lowest BCUT2D eigenvalue weighted by Gasteiger charge is -2.22. The predicted molar refractivity (Wildman–Crippen MR) is 140 cm³/mol. The number of allylic oxidation sites excluding steroid dienone is 2. The van der Waals surface area contributed by atoms with Gasteiger partial charge in [-0.25, -0.2) is 4.79 Å². The van der Waals surface area contributed by atoms with E-state index in [1.165, 1.54) is 7.11 Å². The molecule has 2 heterocycles. The van der Waals surface area contributed by atoms with Crippen molar-refractivity contribution in [3.63, 3.8) is 0 Å². The van der Waals surface area contributed by atoms with Crippen LogP contribution in [0, 0.1) is 13.8 Å². The number of esters is 1. The maximum Gasteiger partial charge on any atom is 0.343 e. The highest BCUT2D eigenvalue weighted by Gasteiger charge is 2.38. The molecule has 0 atom stereocenters. The van der Waals surface area contributed by atoms with E-state index in [-0.39, 0.29) is 5.57 Å². The molecular weight excluding hydrogens is 539 g/mol. The van der Waals surface area contributed by atoms with E-state index in [0.717, 1.165) is 27.1 Å². The van der Waals surface area contributed by atoms with Crippen LogP contribution in [0.3, 0.4) is 0 Å². The molecule has 5 nitrogen and oxygen atoms in total. The topological polar surface area (TPSA) is 51.5 Å². The first kappa shape index (κ1) is 24.3. The Hall–Kier alpha value is -2.80. The molecule has 0 fully saturated rings. The molecule has 0 saturated heterocycles. The number of carbonyl (C=O) groups excluding carboxylic acids is 2. The van der Waals surface area contributed by atoms with Crippen LogP contribution in [0.25, 0.3) is 11.8 Å². The van der Waals surface area contributed by atoms with Gasteiger partial charge in [-0.05, 0) is 74.9 Å². The highest BCUT2D eigenvalue weighted by Crippen LogP contribution is 2.38. The number of hydrogen-bond acceptors (Lipinski definition) is 4. The summed E-state index contributed by atoms with van der Waals surface area (Å²) in [6.07, 6.45) is 1.79. The minimum atomic E-state index is -0.685. The second-order valence-electron chi connectivity index (χ2n) is 7.89. The fraction of sp³-hybridized carbons (Fsp3) is 0.154. The van der Waals surface area contributed by atoms with Gasteiger partial charge in [0.2, 0.25) is 5.78 Å². The van der Waals surface area contributed by atoms with Crippen molar-refractivity contribution < 1.29 is 14.3 Å². The molecule has 0 saturated carbocycles. The Kier molecular flexibility index (Phi) is 6.76. The Morgan fingerprint density at radius 2 is 1.74 bits per heavy atom. The SMILES string of the molecule is COC(=O)C1=C(C)N(c2ccc(Cl)c(Cl)c2)/C(=C/c2cc(C)n(-c3cccc(Br)c3)c2C)C1=O. The number of aryl methyl sites for hydroxylation is 1. The van der Waals surface area contributed by atoms with Gasteiger partial charge in [0.05, 0.1) is 22.9 Å². The predicted octanol–water partition coefficient (Wildman–Crippen LogP) is 7.04. The highest BCUT2D eigenvalue weighted by atomic mass is 79.9. The summed E-state index contributed by atoms with van der Waals surface area (Å²) in [6.45, 7) is 5.70. The molecule has 0 spiro atoms. The normalized spacial score (nSPS) is 15.0. The average molecular weight is 560 g/mol. The number of hydrogen-bond donors (Lipinski definition) is 0. The van der Waals surface area contributed by atoms with E-state index in [0.29, 0.717) is 27.1 Å². The quantitative estimate of drug-likeness (QED) is 0.195. The van der Waals surface area contributed by atoms with E-state index in [1.807, 2.05) is 44.2 Å². The zero-order valence-electron chi connectivity index (χ0n) is 18.9. The van der Waals surface area contributed by atoms with Crippen molar-refractivity contribution in [3.05, 3.63) is 97.0 Å². The standard InChI is InChI=1S/C26H21BrCl2N2O3/c1-14-10-17(15(2)30(14)19-7-5-6-18(27)12-19)11-23-25(32)24(26(33)34-4)16(3)31(23)20-8-9-21(28)22(29)13-20/h5-13H,1-4H3/b23-11+. The van der Waals surface area contributed by atoms with E-state index >= 15 is 0 Å². The van der Waals surface area contributed by atoms with Gasteiger partial charge in [-0.2, -0.15) is 0 Å². The molecule has 0 N–H and O–H groups in total. The Balaban J connectivity index is 1.89. The van der Waals surface area contributed by atoms with Crippen LogP contribution >= 0.6 is 39.1 Å². The number of anilines is 1. The monoisotopic (exact) mass is 558 g/mol. The summed E-state index contributed by atoms with van der Waals surface area (Å²) in [6, 6.07) is 15.1. The zero-order chi connectivity index (χ0) is 24.7. The third-order valence-corrected chi connectivity index (χ3v) is 7.01. The lowest BCUT2D eigenvalue weighted by Crippen LogP contribution is -2.18. The number of methoxy groups -OCH3 is 1. The Bertz CT molecular complexity index is 1410. The molecular formula is C26H21BrCl2N2O3. The number of benzene rings is 2. The first-order valence-corrected chi connectivity index (χ1v) is 11.9. The highest BCUT2D eigenvalue weighted by molar-refractivity contribution is 9.10. The molecule has 0 amide bonds. The van der Waals surface area contributed by atoms with Crippen molar-refractivity contribution in [2.75, 3.05) is 12.0 Å². The Morgan fingerprint density at radius 3 is 2.38 bits per heavy atom. The van der Waals surface area contributed by atoms with Crippen molar-refractivity contribution >= 4 is 62.6 Å². The molecule has 2 aromatic carbocycles. The number of Topliss-reactive ketones (excluding diaryl/α,β-unsaturated/α-hetero) is 1. The summed E-state index contributed by atoms with van der Waals surface area (Å²) < 4.78 is 7.97. The molecule has 1 aromatic heterocycles. The van der Waals surface area contributed by atoms with Gasteiger partial charge >= 0.3 is 5.97 Å². The van der Waals surface area contributed by atoms with E-state index in [2.05, 4.69) is 20.5 Å². The van der Waals surface area contributed by atoms with Gasteiger partial charge in [-0.3, -0.25) is 4.79 Å². The van der Waals surface area contributed by atoms with Gasteiger partial charge in [0.1, 0.15) is 5.57 Å². The maximum atomic E-state index is 13.4. The van der Waals surface area contributed by atoms with Crippen LogP contribution in [0.2, 0.25) is 10.0 Å². The van der Waals surface area contributed by atoms with Crippen molar-refractivity contribution in [1.29, 1.82) is 0 Å². The van der Waals surface area contributed by atoms with Crippen LogP contribution in [-0.4, -0.2) is 23.4 Å². The minimum absolute atomic E-state index is 0.0133. The van der Waals surface area contributed by atoms with Gasteiger partial charge in [0, 0.05) is 32.9 Å². The summed E-state index contributed by atoms with van der Waals surface area (Å²) in [5.74, 6) is -1.10.